The van der Waals surface area contributed by atoms with Gasteiger partial charge in [0.2, 0.25) is 5.71 Å². The second kappa shape index (κ2) is 4.71. The average Bonchev–Trinajstić information content (AvgIpc) is 2.21. The first-order valence-electron chi connectivity index (χ1n) is 3.61. The molecule has 1 N–H and O–H groups in total. The Balaban J connectivity index is 3.03. The molecule has 0 bridgehead atoms. The van der Waals surface area contributed by atoms with Gasteiger partial charge >= 0.3 is 5.97 Å². The van der Waals surface area contributed by atoms with Crippen molar-refractivity contribution in [3.05, 3.63) is 28.5 Å². The Labute approximate surface area is 88.5 Å². The monoisotopic (exact) mass is 258 g/mol. The van der Waals surface area contributed by atoms with Crippen molar-refractivity contribution in [2.45, 2.75) is 0 Å². The number of methoxy groups -OCH3 is 1. The molecule has 0 unspecified atom stereocenters. The van der Waals surface area contributed by atoms with Gasteiger partial charge in [-0.3, -0.25) is 4.98 Å². The summed E-state index contributed by atoms with van der Waals surface area (Å²) in [4.78, 5) is 14.9. The van der Waals surface area contributed by atoms with Gasteiger partial charge in [-0.2, -0.15) is 0 Å². The highest BCUT2D eigenvalue weighted by atomic mass is 79.9. The molecule has 0 aromatic carbocycles. The van der Waals surface area contributed by atoms with Gasteiger partial charge in [-0.1, -0.05) is 5.16 Å². The van der Waals surface area contributed by atoms with Crippen LogP contribution in [-0.4, -0.2) is 29.0 Å². The fraction of sp³-hybridized carbons (Fsp3) is 0.125. The largest absolute Gasteiger partial charge is 0.464 e. The van der Waals surface area contributed by atoms with E-state index in [1.807, 2.05) is 0 Å². The van der Waals surface area contributed by atoms with Crippen LogP contribution in [0.4, 0.5) is 0 Å². The Kier molecular flexibility index (Phi) is 3.58. The minimum atomic E-state index is -0.734. The van der Waals surface area contributed by atoms with Gasteiger partial charge in [0.15, 0.2) is 0 Å². The summed E-state index contributed by atoms with van der Waals surface area (Å²) in [5.74, 6) is -0.734. The molecule has 1 aromatic rings. The minimum Gasteiger partial charge on any atom is -0.464 e. The van der Waals surface area contributed by atoms with Crippen molar-refractivity contribution in [2.75, 3.05) is 7.11 Å². The number of pyridine rings is 1. The molecule has 1 rings (SSSR count). The normalized spacial score (nSPS) is 11.1. The third-order valence-electron chi connectivity index (χ3n) is 1.45. The SMILES string of the molecule is COC(=O)C(=NO)c1ccc(Br)cn1. The van der Waals surface area contributed by atoms with Crippen LogP contribution >= 0.6 is 15.9 Å². The van der Waals surface area contributed by atoms with Gasteiger partial charge in [-0.05, 0) is 28.1 Å². The summed E-state index contributed by atoms with van der Waals surface area (Å²) in [6.45, 7) is 0. The molecule has 0 spiro atoms. The predicted molar refractivity (Wildman–Crippen MR) is 52.3 cm³/mol. The quantitative estimate of drug-likeness (QED) is 0.375. The number of hydrogen-bond donors (Lipinski definition) is 1. The molecule has 0 atom stereocenters. The van der Waals surface area contributed by atoms with Crippen LogP contribution in [0.2, 0.25) is 0 Å². The molecule has 74 valence electrons. The maximum absolute atomic E-state index is 11.1. The standard InChI is InChI=1S/C8H7BrN2O3/c1-14-8(12)7(11-13)6-3-2-5(9)4-10-6/h2-4,13H,1H3. The molecular weight excluding hydrogens is 252 g/mol. The summed E-state index contributed by atoms with van der Waals surface area (Å²) in [5.41, 5.74) is 0.0301. The number of oxime groups is 1. The predicted octanol–water partition coefficient (Wildman–Crippen LogP) is 1.20. The number of esters is 1. The van der Waals surface area contributed by atoms with E-state index in [0.29, 0.717) is 0 Å². The van der Waals surface area contributed by atoms with Crippen LogP contribution in [0, 0.1) is 0 Å². The Morgan fingerprint density at radius 3 is 2.79 bits per heavy atom. The lowest BCUT2D eigenvalue weighted by atomic mass is 10.2. The van der Waals surface area contributed by atoms with Crippen LogP contribution in [0.15, 0.2) is 28.0 Å². The van der Waals surface area contributed by atoms with Gasteiger partial charge in [0, 0.05) is 10.7 Å². The van der Waals surface area contributed by atoms with E-state index in [-0.39, 0.29) is 11.4 Å². The first-order chi connectivity index (χ1) is 6.69. The molecular formula is C8H7BrN2O3. The second-order valence-corrected chi connectivity index (χ2v) is 3.22. The number of halogens is 1. The molecule has 0 aliphatic rings. The van der Waals surface area contributed by atoms with Gasteiger partial charge < -0.3 is 9.94 Å². The van der Waals surface area contributed by atoms with Gasteiger partial charge in [-0.25, -0.2) is 4.79 Å². The van der Waals surface area contributed by atoms with Crippen molar-refractivity contribution >= 4 is 27.6 Å². The Hall–Kier alpha value is -1.43. The summed E-state index contributed by atoms with van der Waals surface area (Å²) >= 11 is 3.19. The summed E-state index contributed by atoms with van der Waals surface area (Å²) < 4.78 is 5.17. The van der Waals surface area contributed by atoms with Gasteiger partial charge in [0.25, 0.3) is 0 Å². The second-order valence-electron chi connectivity index (χ2n) is 2.30. The zero-order valence-corrected chi connectivity index (χ0v) is 8.85. The van der Waals surface area contributed by atoms with Crippen molar-refractivity contribution < 1.29 is 14.7 Å². The Bertz CT molecular complexity index is 361. The number of nitrogens with zero attached hydrogens (tertiary/aromatic N) is 2. The molecule has 1 aromatic heterocycles. The van der Waals surface area contributed by atoms with E-state index < -0.39 is 5.97 Å². The Morgan fingerprint density at radius 1 is 1.64 bits per heavy atom. The van der Waals surface area contributed by atoms with E-state index in [9.17, 15) is 4.79 Å². The van der Waals surface area contributed by atoms with Crippen LogP contribution in [0.3, 0.4) is 0 Å². The van der Waals surface area contributed by atoms with Gasteiger partial charge in [0.1, 0.15) is 0 Å². The number of rotatable bonds is 2. The van der Waals surface area contributed by atoms with E-state index in [1.165, 1.54) is 19.4 Å². The van der Waals surface area contributed by atoms with Crippen LogP contribution in [0.1, 0.15) is 5.69 Å². The zero-order valence-electron chi connectivity index (χ0n) is 7.27. The minimum absolute atomic E-state index is 0.222. The van der Waals surface area contributed by atoms with Crippen LogP contribution in [0.25, 0.3) is 0 Å². The molecule has 0 amide bonds. The first kappa shape index (κ1) is 10.6. The molecule has 0 saturated heterocycles. The lowest BCUT2D eigenvalue weighted by Crippen LogP contribution is -2.18. The maximum Gasteiger partial charge on any atom is 0.362 e. The topological polar surface area (TPSA) is 71.8 Å². The summed E-state index contributed by atoms with van der Waals surface area (Å²) in [6.07, 6.45) is 1.49. The third-order valence-corrected chi connectivity index (χ3v) is 1.92. The molecule has 5 nitrogen and oxygen atoms in total. The Morgan fingerprint density at radius 2 is 2.36 bits per heavy atom. The van der Waals surface area contributed by atoms with E-state index in [2.05, 4.69) is 30.8 Å². The summed E-state index contributed by atoms with van der Waals surface area (Å²) in [5, 5.41) is 11.4. The van der Waals surface area contributed by atoms with Crippen LogP contribution < -0.4 is 0 Å². The van der Waals surface area contributed by atoms with E-state index in [1.54, 1.807) is 6.07 Å². The number of hydrogen-bond acceptors (Lipinski definition) is 5. The molecule has 0 fully saturated rings. The van der Waals surface area contributed by atoms with Gasteiger partial charge in [-0.15, -0.1) is 0 Å². The van der Waals surface area contributed by atoms with E-state index in [0.717, 1.165) is 4.47 Å². The number of carbonyl (C=O) groups is 1. The molecule has 0 radical (unpaired) electrons. The molecule has 0 saturated carbocycles. The zero-order chi connectivity index (χ0) is 10.6. The van der Waals surface area contributed by atoms with Crippen molar-refractivity contribution in [1.82, 2.24) is 4.98 Å². The van der Waals surface area contributed by atoms with Crippen LogP contribution in [-0.2, 0) is 9.53 Å². The lowest BCUT2D eigenvalue weighted by Gasteiger charge is -2.00. The summed E-state index contributed by atoms with van der Waals surface area (Å²) in [7, 11) is 1.20. The fourth-order valence-corrected chi connectivity index (χ4v) is 1.04. The molecule has 14 heavy (non-hydrogen) atoms. The fourth-order valence-electron chi connectivity index (χ4n) is 0.809. The average molecular weight is 259 g/mol. The highest BCUT2D eigenvalue weighted by molar-refractivity contribution is 9.10. The van der Waals surface area contributed by atoms with Crippen molar-refractivity contribution in [1.29, 1.82) is 0 Å². The molecule has 1 heterocycles. The number of ether oxygens (including phenoxy) is 1. The third kappa shape index (κ3) is 2.29. The maximum atomic E-state index is 11.1. The molecule has 6 heteroatoms. The van der Waals surface area contributed by atoms with Gasteiger partial charge in [0.05, 0.1) is 12.8 Å². The first-order valence-corrected chi connectivity index (χ1v) is 4.40. The molecule has 0 aliphatic heterocycles. The van der Waals surface area contributed by atoms with E-state index >= 15 is 0 Å². The number of carbonyl (C=O) groups excluding carboxylic acids is 1. The van der Waals surface area contributed by atoms with E-state index in [4.69, 9.17) is 5.21 Å². The van der Waals surface area contributed by atoms with Crippen molar-refractivity contribution in [2.24, 2.45) is 5.16 Å². The number of aromatic nitrogens is 1. The summed E-state index contributed by atoms with van der Waals surface area (Å²) in [6, 6.07) is 3.21. The van der Waals surface area contributed by atoms with Crippen molar-refractivity contribution in [3.8, 4) is 0 Å². The highest BCUT2D eigenvalue weighted by Crippen LogP contribution is 2.08. The molecule has 0 aliphatic carbocycles. The van der Waals surface area contributed by atoms with Crippen LogP contribution in [0.5, 0.6) is 0 Å². The van der Waals surface area contributed by atoms with Crippen molar-refractivity contribution in [3.63, 3.8) is 0 Å². The highest BCUT2D eigenvalue weighted by Gasteiger charge is 2.16. The smallest absolute Gasteiger partial charge is 0.362 e. The lowest BCUT2D eigenvalue weighted by molar-refractivity contribution is -0.132.